The topological polar surface area (TPSA) is 127 Å². The summed E-state index contributed by atoms with van der Waals surface area (Å²) in [6.07, 6.45) is -3.39. The van der Waals surface area contributed by atoms with Crippen molar-refractivity contribution < 1.29 is 41.8 Å². The van der Waals surface area contributed by atoms with Gasteiger partial charge in [-0.05, 0) is 49.6 Å². The number of cyclic esters (lactones) is 1. The number of alkyl halides is 3. The molecule has 2 saturated heterocycles. The minimum atomic E-state index is -5.05. The molecule has 4 rings (SSSR count). The number of rotatable bonds is 8. The van der Waals surface area contributed by atoms with E-state index in [0.29, 0.717) is 31.5 Å². The van der Waals surface area contributed by atoms with E-state index in [1.54, 1.807) is 29.2 Å². The summed E-state index contributed by atoms with van der Waals surface area (Å²) in [5.74, 6) is -3.45. The van der Waals surface area contributed by atoms with E-state index in [4.69, 9.17) is 9.47 Å². The number of hydrogen-bond donors (Lipinski definition) is 2. The van der Waals surface area contributed by atoms with Crippen molar-refractivity contribution in [3.63, 3.8) is 0 Å². The summed E-state index contributed by atoms with van der Waals surface area (Å²) in [5, 5.41) is 4.79. The van der Waals surface area contributed by atoms with E-state index in [9.17, 15) is 32.3 Å². The number of amides is 3. The number of carbonyl (C=O) groups excluding carboxylic acids is 4. The molecule has 3 heterocycles. The molecule has 41 heavy (non-hydrogen) atoms. The minimum absolute atomic E-state index is 0.0564. The second-order valence-corrected chi connectivity index (χ2v) is 10.8. The zero-order chi connectivity index (χ0) is 29.7. The lowest BCUT2D eigenvalue weighted by Crippen LogP contribution is -2.51. The fourth-order valence-electron chi connectivity index (χ4n) is 4.69. The summed E-state index contributed by atoms with van der Waals surface area (Å²) in [6.45, 7) is 2.29. The molecule has 1 aromatic heterocycles. The lowest BCUT2D eigenvalue weighted by molar-refractivity contribution is -0.174. The Kier molecular flexibility index (Phi) is 9.51. The molecule has 2 unspecified atom stereocenters. The Hall–Kier alpha value is -3.68. The van der Waals surface area contributed by atoms with Gasteiger partial charge >= 0.3 is 18.1 Å². The normalized spacial score (nSPS) is 20.5. The summed E-state index contributed by atoms with van der Waals surface area (Å²) in [4.78, 5) is 54.3. The molecule has 4 atom stereocenters. The Morgan fingerprint density at radius 2 is 1.90 bits per heavy atom. The van der Waals surface area contributed by atoms with Crippen molar-refractivity contribution in [3.8, 4) is 5.75 Å². The van der Waals surface area contributed by atoms with Gasteiger partial charge in [-0.2, -0.15) is 13.2 Å². The Morgan fingerprint density at radius 3 is 2.51 bits per heavy atom. The fraction of sp³-hybridized carbons (Fsp3) is 0.444. The zero-order valence-corrected chi connectivity index (χ0v) is 23.5. The van der Waals surface area contributed by atoms with Gasteiger partial charge in [0.1, 0.15) is 24.2 Å². The maximum Gasteiger partial charge on any atom is 0.471 e. The molecule has 2 aliphatic rings. The highest BCUT2D eigenvalue weighted by Crippen LogP contribution is 2.27. The molecule has 10 nitrogen and oxygen atoms in total. The van der Waals surface area contributed by atoms with E-state index < -0.39 is 42.0 Å². The lowest BCUT2D eigenvalue weighted by Gasteiger charge is -2.34. The molecule has 3 amide bonds. The van der Waals surface area contributed by atoms with Crippen molar-refractivity contribution in [2.75, 3.05) is 19.7 Å². The van der Waals surface area contributed by atoms with Crippen molar-refractivity contribution in [1.29, 1.82) is 0 Å². The summed E-state index contributed by atoms with van der Waals surface area (Å²) < 4.78 is 50.1. The van der Waals surface area contributed by atoms with Crippen LogP contribution in [0.1, 0.15) is 48.3 Å². The second kappa shape index (κ2) is 12.9. The molecule has 1 aromatic carbocycles. The van der Waals surface area contributed by atoms with Crippen LogP contribution in [0, 0.1) is 5.92 Å². The largest absolute Gasteiger partial charge is 0.482 e. The number of likely N-dealkylation sites (tertiary alicyclic amines) is 1. The third-order valence-corrected chi connectivity index (χ3v) is 7.31. The molecule has 0 spiro atoms. The number of piperidine rings is 1. The number of esters is 1. The number of aromatic nitrogens is 1. The predicted molar refractivity (Wildman–Crippen MR) is 142 cm³/mol. The molecule has 0 bridgehead atoms. The quantitative estimate of drug-likeness (QED) is 0.424. The van der Waals surface area contributed by atoms with Crippen LogP contribution in [0.2, 0.25) is 0 Å². The van der Waals surface area contributed by atoms with Crippen molar-refractivity contribution in [3.05, 3.63) is 58.3 Å². The average Bonchev–Trinajstić information content (AvgIpc) is 3.38. The van der Waals surface area contributed by atoms with Gasteiger partial charge < -0.3 is 25.0 Å². The monoisotopic (exact) mass is 640 g/mol. The number of benzene rings is 1. The van der Waals surface area contributed by atoms with Crippen molar-refractivity contribution in [2.24, 2.45) is 5.92 Å². The molecule has 2 fully saturated rings. The fourth-order valence-corrected chi connectivity index (χ4v) is 4.95. The van der Waals surface area contributed by atoms with Crippen LogP contribution in [0.3, 0.4) is 0 Å². The van der Waals surface area contributed by atoms with Gasteiger partial charge in [0.2, 0.25) is 5.91 Å². The van der Waals surface area contributed by atoms with Crippen LogP contribution in [-0.4, -0.2) is 71.5 Å². The molecule has 14 heteroatoms. The van der Waals surface area contributed by atoms with Crippen molar-refractivity contribution >= 4 is 39.6 Å². The molecule has 220 valence electrons. The summed E-state index contributed by atoms with van der Waals surface area (Å²) >= 11 is 3.31. The van der Waals surface area contributed by atoms with Crippen LogP contribution in [0.25, 0.3) is 0 Å². The highest BCUT2D eigenvalue weighted by molar-refractivity contribution is 9.10. The zero-order valence-electron chi connectivity index (χ0n) is 21.9. The maximum atomic E-state index is 12.9. The lowest BCUT2D eigenvalue weighted by atomic mass is 10.0. The Bertz CT molecular complexity index is 1280. The number of hydrogen-bond acceptors (Lipinski definition) is 7. The standard InChI is InChI=1S/C27H28BrF3N4O6/c1-15(33-26(39)27(29,30)31)23(16-4-6-18(28)7-5-16)41-20-8-9-21(32-12-20)24(37)34-19-3-2-10-35(13-19)25(38)17-11-22(36)40-14-17/h4-9,12,15,17,19,23H,2-3,10-11,13-14H2,1H3,(H,33,39)(H,34,37)/t15?,17-,19+,23?/m1/s1. The van der Waals surface area contributed by atoms with Crippen LogP contribution >= 0.6 is 15.9 Å². The van der Waals surface area contributed by atoms with Crippen LogP contribution < -0.4 is 15.4 Å². The highest BCUT2D eigenvalue weighted by atomic mass is 79.9. The van der Waals surface area contributed by atoms with E-state index in [1.165, 1.54) is 25.3 Å². The first-order valence-corrected chi connectivity index (χ1v) is 13.7. The van der Waals surface area contributed by atoms with Crippen LogP contribution in [-0.2, 0) is 19.1 Å². The van der Waals surface area contributed by atoms with E-state index in [1.807, 2.05) is 5.32 Å². The molecule has 0 radical (unpaired) electrons. The minimum Gasteiger partial charge on any atom is -0.482 e. The molecule has 0 saturated carbocycles. The number of nitrogens with zero attached hydrogens (tertiary/aromatic N) is 2. The van der Waals surface area contributed by atoms with Crippen LogP contribution in [0.4, 0.5) is 13.2 Å². The van der Waals surface area contributed by atoms with E-state index >= 15 is 0 Å². The molecule has 2 N–H and O–H groups in total. The smallest absolute Gasteiger partial charge is 0.471 e. The molecule has 2 aromatic rings. The van der Waals surface area contributed by atoms with Gasteiger partial charge in [-0.15, -0.1) is 0 Å². The van der Waals surface area contributed by atoms with E-state index in [0.717, 1.165) is 4.47 Å². The number of halogens is 4. The Labute approximate surface area is 242 Å². The highest BCUT2D eigenvalue weighted by Gasteiger charge is 2.40. The summed E-state index contributed by atoms with van der Waals surface area (Å²) in [6, 6.07) is 8.17. The predicted octanol–water partition coefficient (Wildman–Crippen LogP) is 3.32. The summed E-state index contributed by atoms with van der Waals surface area (Å²) in [7, 11) is 0. The number of carbonyl (C=O) groups is 4. The molecular weight excluding hydrogens is 613 g/mol. The maximum absolute atomic E-state index is 12.9. The van der Waals surface area contributed by atoms with E-state index in [2.05, 4.69) is 26.2 Å². The third kappa shape index (κ3) is 7.96. The van der Waals surface area contributed by atoms with Crippen molar-refractivity contribution in [1.82, 2.24) is 20.5 Å². The number of nitrogens with one attached hydrogen (secondary N) is 2. The van der Waals surface area contributed by atoms with Gasteiger partial charge in [0.25, 0.3) is 5.91 Å². The first-order valence-electron chi connectivity index (χ1n) is 12.9. The Morgan fingerprint density at radius 1 is 1.17 bits per heavy atom. The number of pyridine rings is 1. The van der Waals surface area contributed by atoms with Gasteiger partial charge in [-0.1, -0.05) is 28.1 Å². The average molecular weight is 641 g/mol. The van der Waals surface area contributed by atoms with Gasteiger partial charge in [-0.3, -0.25) is 19.2 Å². The third-order valence-electron chi connectivity index (χ3n) is 6.78. The first-order chi connectivity index (χ1) is 19.4. The van der Waals surface area contributed by atoms with Gasteiger partial charge in [0.05, 0.1) is 24.6 Å². The van der Waals surface area contributed by atoms with Gasteiger partial charge in [-0.25, -0.2) is 4.98 Å². The molecule has 2 aliphatic heterocycles. The SMILES string of the molecule is CC(NC(=O)C(F)(F)F)C(Oc1ccc(C(=O)N[C@H]2CCCN(C(=O)[C@H]3COC(=O)C3)C2)nc1)c1ccc(Br)cc1. The van der Waals surface area contributed by atoms with Gasteiger partial charge in [0.15, 0.2) is 0 Å². The van der Waals surface area contributed by atoms with Crippen LogP contribution in [0.5, 0.6) is 5.75 Å². The van der Waals surface area contributed by atoms with Gasteiger partial charge in [0, 0.05) is 23.6 Å². The van der Waals surface area contributed by atoms with Crippen LogP contribution in [0.15, 0.2) is 47.1 Å². The first kappa shape index (κ1) is 30.3. The number of ether oxygens (including phenoxy) is 2. The molecular formula is C27H28BrF3N4O6. The van der Waals surface area contributed by atoms with Crippen molar-refractivity contribution in [2.45, 2.75) is 50.6 Å². The summed E-state index contributed by atoms with van der Waals surface area (Å²) in [5.41, 5.74) is 0.587. The van der Waals surface area contributed by atoms with E-state index in [-0.39, 0.29) is 36.4 Å². The Balaban J connectivity index is 1.39. The second-order valence-electron chi connectivity index (χ2n) is 9.91. The molecule has 0 aliphatic carbocycles.